The summed E-state index contributed by atoms with van der Waals surface area (Å²) < 4.78 is 38.1. The fraction of sp³-hybridized carbons (Fsp3) is 0.200. The minimum Gasteiger partial charge on any atom is -0.298 e. The number of non-ortho nitro benzene ring substituents is 1. The molecule has 0 N–H and O–H groups in total. The molecule has 0 atom stereocenters. The molecule has 0 spiro atoms. The zero-order valence-electron chi connectivity index (χ0n) is 9.03. The van der Waals surface area contributed by atoms with Crippen molar-refractivity contribution in [1.82, 2.24) is 0 Å². The molecule has 5 nitrogen and oxygen atoms in total. The number of halogens is 4. The summed E-state index contributed by atoms with van der Waals surface area (Å²) >= 11 is 5.20. The third-order valence-corrected chi connectivity index (χ3v) is 2.46. The molecule has 0 bridgehead atoms. The molecule has 102 valence electrons. The van der Waals surface area contributed by atoms with E-state index in [9.17, 15) is 32.9 Å². The van der Waals surface area contributed by atoms with Crippen LogP contribution in [0.4, 0.5) is 18.9 Å². The van der Waals surface area contributed by atoms with Crippen LogP contribution in [0.15, 0.2) is 12.1 Å². The lowest BCUT2D eigenvalue weighted by molar-refractivity contribution is -0.385. The summed E-state index contributed by atoms with van der Waals surface area (Å²) in [4.78, 5) is 31.6. The second kappa shape index (κ2) is 5.35. The highest BCUT2D eigenvalue weighted by atomic mass is 35.5. The first-order chi connectivity index (χ1) is 8.72. The Morgan fingerprint density at radius 1 is 1.42 bits per heavy atom. The highest BCUT2D eigenvalue weighted by Gasteiger charge is 2.37. The van der Waals surface area contributed by atoms with Crippen molar-refractivity contribution in [2.24, 2.45) is 0 Å². The molecular formula is C10H5ClF3NO4. The number of benzene rings is 1. The first-order valence-corrected chi connectivity index (χ1v) is 5.19. The number of carbonyl (C=O) groups is 2. The smallest absolute Gasteiger partial charge is 0.298 e. The van der Waals surface area contributed by atoms with Gasteiger partial charge in [0.2, 0.25) is 0 Å². The van der Waals surface area contributed by atoms with Gasteiger partial charge < -0.3 is 0 Å². The van der Waals surface area contributed by atoms with Crippen LogP contribution in [0, 0.1) is 10.1 Å². The molecule has 1 rings (SSSR count). The lowest BCUT2D eigenvalue weighted by atomic mass is 9.98. The van der Waals surface area contributed by atoms with Crippen LogP contribution in [0.5, 0.6) is 0 Å². The molecule has 0 aliphatic carbocycles. The van der Waals surface area contributed by atoms with Crippen molar-refractivity contribution in [2.75, 3.05) is 5.88 Å². The summed E-state index contributed by atoms with van der Waals surface area (Å²) in [6, 6.07) is 0.804. The number of aldehydes is 1. The highest BCUT2D eigenvalue weighted by Crippen LogP contribution is 2.35. The average molecular weight is 296 g/mol. The fourth-order valence-corrected chi connectivity index (χ4v) is 1.55. The number of ketones is 1. The number of carbonyl (C=O) groups excluding carboxylic acids is 2. The normalized spacial score (nSPS) is 11.2. The Morgan fingerprint density at radius 2 is 2.00 bits per heavy atom. The van der Waals surface area contributed by atoms with E-state index in [4.69, 9.17) is 11.6 Å². The number of Topliss-reactive ketones (excluding diaryl/α,β-unsaturated/α-hetero) is 1. The van der Waals surface area contributed by atoms with Gasteiger partial charge in [0.1, 0.15) is 0 Å². The molecule has 0 aliphatic rings. The molecule has 1 aromatic rings. The standard InChI is InChI=1S/C10H5ClF3NO4/c11-3-9(17)6-1-5(15(18)19)2-8(7(6)4-16)10(12,13)14/h1-2,4H,3H2. The van der Waals surface area contributed by atoms with Crippen LogP contribution >= 0.6 is 11.6 Å². The number of rotatable bonds is 4. The molecule has 0 aromatic heterocycles. The summed E-state index contributed by atoms with van der Waals surface area (Å²) in [6.07, 6.45) is -5.17. The van der Waals surface area contributed by atoms with Crippen LogP contribution in [-0.2, 0) is 6.18 Å². The second-order valence-corrected chi connectivity index (χ2v) is 3.65. The maximum absolute atomic E-state index is 12.7. The molecular weight excluding hydrogens is 291 g/mol. The van der Waals surface area contributed by atoms with E-state index >= 15 is 0 Å². The molecule has 0 aliphatic heterocycles. The Morgan fingerprint density at radius 3 is 2.37 bits per heavy atom. The monoisotopic (exact) mass is 295 g/mol. The van der Waals surface area contributed by atoms with Crippen molar-refractivity contribution in [3.63, 3.8) is 0 Å². The van der Waals surface area contributed by atoms with Crippen molar-refractivity contribution >= 4 is 29.4 Å². The van der Waals surface area contributed by atoms with Gasteiger partial charge in [0, 0.05) is 23.3 Å². The van der Waals surface area contributed by atoms with Gasteiger partial charge in [-0.2, -0.15) is 13.2 Å². The first-order valence-electron chi connectivity index (χ1n) is 4.66. The number of nitrogens with zero attached hydrogens (tertiary/aromatic N) is 1. The lowest BCUT2D eigenvalue weighted by Crippen LogP contribution is -2.15. The summed E-state index contributed by atoms with van der Waals surface area (Å²) in [5.41, 5.74) is -4.15. The van der Waals surface area contributed by atoms with E-state index in [-0.39, 0.29) is 12.4 Å². The minimum absolute atomic E-state index is 0.174. The van der Waals surface area contributed by atoms with Crippen LogP contribution in [0.25, 0.3) is 0 Å². The lowest BCUT2D eigenvalue weighted by Gasteiger charge is -2.12. The average Bonchev–Trinajstić information content (AvgIpc) is 2.34. The molecule has 0 amide bonds. The Hall–Kier alpha value is -1.96. The quantitative estimate of drug-likeness (QED) is 0.281. The van der Waals surface area contributed by atoms with Gasteiger partial charge in [-0.05, 0) is 0 Å². The van der Waals surface area contributed by atoms with E-state index < -0.39 is 45.1 Å². The van der Waals surface area contributed by atoms with Crippen LogP contribution in [0.3, 0.4) is 0 Å². The van der Waals surface area contributed by atoms with Crippen molar-refractivity contribution in [3.05, 3.63) is 38.9 Å². The first kappa shape index (κ1) is 15.1. The fourth-order valence-electron chi connectivity index (χ4n) is 1.41. The predicted octanol–water partition coefficient (Wildman–Crippen LogP) is 2.85. The van der Waals surface area contributed by atoms with Gasteiger partial charge in [-0.15, -0.1) is 11.6 Å². The van der Waals surface area contributed by atoms with E-state index in [1.54, 1.807) is 0 Å². The van der Waals surface area contributed by atoms with Gasteiger partial charge >= 0.3 is 6.18 Å². The number of nitro benzene ring substituents is 1. The summed E-state index contributed by atoms with van der Waals surface area (Å²) in [5, 5.41) is 10.5. The van der Waals surface area contributed by atoms with E-state index in [0.29, 0.717) is 6.07 Å². The maximum Gasteiger partial charge on any atom is 0.417 e. The Balaban J connectivity index is 3.71. The van der Waals surface area contributed by atoms with E-state index in [0.717, 1.165) is 0 Å². The molecule has 0 saturated heterocycles. The molecule has 0 heterocycles. The third kappa shape index (κ3) is 3.08. The summed E-state index contributed by atoms with van der Waals surface area (Å²) in [5.74, 6) is -1.70. The van der Waals surface area contributed by atoms with Gasteiger partial charge in [0.05, 0.1) is 16.4 Å². The number of nitro groups is 1. The molecule has 9 heteroatoms. The van der Waals surface area contributed by atoms with Crippen molar-refractivity contribution in [1.29, 1.82) is 0 Å². The Bertz CT molecular complexity index is 556. The van der Waals surface area contributed by atoms with E-state index in [1.807, 2.05) is 0 Å². The summed E-state index contributed by atoms with van der Waals surface area (Å²) in [6.45, 7) is 0. The van der Waals surface area contributed by atoms with Crippen LogP contribution in [0.2, 0.25) is 0 Å². The van der Waals surface area contributed by atoms with Gasteiger partial charge in [-0.1, -0.05) is 0 Å². The van der Waals surface area contributed by atoms with Crippen molar-refractivity contribution in [2.45, 2.75) is 6.18 Å². The van der Waals surface area contributed by atoms with Gasteiger partial charge in [0.25, 0.3) is 5.69 Å². The Kier molecular flexibility index (Phi) is 4.25. The Labute approximate surface area is 109 Å². The van der Waals surface area contributed by atoms with Crippen LogP contribution in [0.1, 0.15) is 26.3 Å². The molecule has 1 aromatic carbocycles. The maximum atomic E-state index is 12.7. The molecule has 19 heavy (non-hydrogen) atoms. The van der Waals surface area contributed by atoms with Crippen molar-refractivity contribution < 1.29 is 27.7 Å². The molecule has 0 unspecified atom stereocenters. The van der Waals surface area contributed by atoms with Crippen molar-refractivity contribution in [3.8, 4) is 0 Å². The number of alkyl halides is 4. The van der Waals surface area contributed by atoms with E-state index in [2.05, 4.69) is 0 Å². The van der Waals surface area contributed by atoms with Crippen LogP contribution < -0.4 is 0 Å². The molecule has 0 fully saturated rings. The SMILES string of the molecule is O=Cc1c(C(=O)CCl)cc([N+](=O)[O-])cc1C(F)(F)F. The third-order valence-electron chi connectivity index (χ3n) is 2.22. The topological polar surface area (TPSA) is 77.3 Å². The minimum atomic E-state index is -5.00. The largest absolute Gasteiger partial charge is 0.417 e. The molecule has 0 radical (unpaired) electrons. The van der Waals surface area contributed by atoms with Gasteiger partial charge in [-0.3, -0.25) is 19.7 Å². The number of hydrogen-bond donors (Lipinski definition) is 0. The molecule has 0 saturated carbocycles. The zero-order valence-corrected chi connectivity index (χ0v) is 9.79. The van der Waals surface area contributed by atoms with Gasteiger partial charge in [-0.25, -0.2) is 0 Å². The van der Waals surface area contributed by atoms with Crippen LogP contribution in [-0.4, -0.2) is 22.9 Å². The predicted molar refractivity (Wildman–Crippen MR) is 58.5 cm³/mol. The highest BCUT2D eigenvalue weighted by molar-refractivity contribution is 6.31. The second-order valence-electron chi connectivity index (χ2n) is 3.38. The van der Waals surface area contributed by atoms with E-state index in [1.165, 1.54) is 0 Å². The zero-order chi connectivity index (χ0) is 14.8. The summed E-state index contributed by atoms with van der Waals surface area (Å²) in [7, 11) is 0. The van der Waals surface area contributed by atoms with Gasteiger partial charge in [0.15, 0.2) is 12.1 Å². The number of hydrogen-bond acceptors (Lipinski definition) is 4.